The van der Waals surface area contributed by atoms with Crippen LogP contribution in [-0.2, 0) is 23.4 Å². The molecule has 0 radical (unpaired) electrons. The molecule has 0 bridgehead atoms. The van der Waals surface area contributed by atoms with Crippen molar-refractivity contribution in [3.05, 3.63) is 96.3 Å². The highest BCUT2D eigenvalue weighted by Crippen LogP contribution is 2.46. The van der Waals surface area contributed by atoms with E-state index in [4.69, 9.17) is 4.74 Å². The summed E-state index contributed by atoms with van der Waals surface area (Å²) in [6.45, 7) is 0.518. The number of hydrogen-bond acceptors (Lipinski definition) is 3. The first-order valence-electron chi connectivity index (χ1n) is 12.3. The molecule has 2 aliphatic rings. The van der Waals surface area contributed by atoms with Crippen LogP contribution in [0.3, 0.4) is 0 Å². The maximum atomic E-state index is 13.4. The van der Waals surface area contributed by atoms with Gasteiger partial charge >= 0.3 is 0 Å². The first-order chi connectivity index (χ1) is 18.1. The molecule has 0 saturated carbocycles. The van der Waals surface area contributed by atoms with E-state index in [2.05, 4.69) is 32.7 Å². The largest absolute Gasteiger partial charge is 0.455 e. The van der Waals surface area contributed by atoms with Crippen LogP contribution in [0, 0.1) is 0 Å². The van der Waals surface area contributed by atoms with Crippen LogP contribution in [0.5, 0.6) is 5.88 Å². The summed E-state index contributed by atoms with van der Waals surface area (Å²) >= 11 is 0. The molecule has 5 heterocycles. The third-order valence-corrected chi connectivity index (χ3v) is 7.95. The molecular weight excluding hydrogens is 464 g/mol. The molecule has 2 amide bonds. The van der Waals surface area contributed by atoms with Gasteiger partial charge in [0.2, 0.25) is 17.7 Å². The summed E-state index contributed by atoms with van der Waals surface area (Å²) < 4.78 is 12.2. The summed E-state index contributed by atoms with van der Waals surface area (Å²) in [7, 11) is 1.97. The zero-order valence-electron chi connectivity index (χ0n) is 20.0. The Labute approximate surface area is 211 Å². The Morgan fingerprint density at radius 1 is 0.730 bits per heavy atom. The number of carbonyl (C=O) groups is 2. The molecule has 2 atom stereocenters. The number of hydrogen-bond donors (Lipinski definition) is 1. The number of carbonyl (C=O) groups excluding carboxylic acids is 2. The number of fused-ring (bicyclic) bond motifs is 5. The fourth-order valence-electron chi connectivity index (χ4n) is 6.31. The van der Waals surface area contributed by atoms with E-state index in [-0.39, 0.29) is 11.8 Å². The monoisotopic (exact) mass is 486 g/mol. The Morgan fingerprint density at radius 3 is 1.97 bits per heavy atom. The van der Waals surface area contributed by atoms with Crippen molar-refractivity contribution in [2.45, 2.75) is 18.6 Å². The van der Waals surface area contributed by atoms with Crippen LogP contribution in [0.1, 0.15) is 23.0 Å². The van der Waals surface area contributed by atoms with Crippen molar-refractivity contribution in [3.63, 3.8) is 0 Å². The van der Waals surface area contributed by atoms with Crippen LogP contribution in [0.15, 0.2) is 85.2 Å². The highest BCUT2D eigenvalue weighted by atomic mass is 16.5. The topological polar surface area (TPSA) is 70.2 Å². The molecule has 7 heteroatoms. The fraction of sp³-hybridized carbons (Fsp3) is 0.133. The summed E-state index contributed by atoms with van der Waals surface area (Å²) in [5.41, 5.74) is 5.76. The third-order valence-electron chi connectivity index (χ3n) is 7.95. The van der Waals surface area contributed by atoms with Gasteiger partial charge in [-0.2, -0.15) is 0 Å². The Bertz CT molecular complexity index is 1940. The molecule has 1 fully saturated rings. The summed E-state index contributed by atoms with van der Waals surface area (Å²) in [5.74, 6) is -0.985. The van der Waals surface area contributed by atoms with Gasteiger partial charge in [-0.3, -0.25) is 19.5 Å². The van der Waals surface area contributed by atoms with Crippen LogP contribution >= 0.6 is 0 Å². The predicted octanol–water partition coefficient (Wildman–Crippen LogP) is 4.95. The van der Waals surface area contributed by atoms with E-state index in [0.717, 1.165) is 55.4 Å². The van der Waals surface area contributed by atoms with Gasteiger partial charge in [-0.05, 0) is 29.3 Å². The van der Waals surface area contributed by atoms with Gasteiger partial charge in [0.25, 0.3) is 0 Å². The zero-order valence-corrected chi connectivity index (χ0v) is 20.0. The van der Waals surface area contributed by atoms with Gasteiger partial charge < -0.3 is 13.9 Å². The van der Waals surface area contributed by atoms with Gasteiger partial charge in [0.15, 0.2) is 6.73 Å². The molecule has 1 N–H and O–H groups in total. The first kappa shape index (κ1) is 20.4. The molecule has 3 aromatic heterocycles. The van der Waals surface area contributed by atoms with Crippen LogP contribution < -0.4 is 10.1 Å². The highest BCUT2D eigenvalue weighted by molar-refractivity contribution is 6.13. The Morgan fingerprint density at radius 2 is 1.30 bits per heavy atom. The van der Waals surface area contributed by atoms with Crippen LogP contribution in [-0.4, -0.2) is 25.5 Å². The number of nitrogens with one attached hydrogen (secondary N) is 1. The van der Waals surface area contributed by atoms with Crippen molar-refractivity contribution >= 4 is 44.5 Å². The minimum atomic E-state index is -0.648. The molecule has 1 saturated heterocycles. The quantitative estimate of drug-likeness (QED) is 0.360. The Kier molecular flexibility index (Phi) is 3.94. The molecule has 180 valence electrons. The summed E-state index contributed by atoms with van der Waals surface area (Å²) in [6.07, 6.45) is 4.01. The van der Waals surface area contributed by atoms with Crippen molar-refractivity contribution in [3.8, 4) is 11.6 Å². The third kappa shape index (κ3) is 2.60. The van der Waals surface area contributed by atoms with E-state index in [0.29, 0.717) is 6.73 Å². The summed E-state index contributed by atoms with van der Waals surface area (Å²) in [6, 6.07) is 24.3. The number of aryl methyl sites for hydroxylation is 1. The van der Waals surface area contributed by atoms with Crippen molar-refractivity contribution in [1.82, 2.24) is 19.0 Å². The van der Waals surface area contributed by atoms with Gasteiger partial charge in [-0.15, -0.1) is 0 Å². The lowest BCUT2D eigenvalue weighted by Gasteiger charge is -2.21. The zero-order chi connectivity index (χ0) is 24.8. The van der Waals surface area contributed by atoms with Gasteiger partial charge in [-0.1, -0.05) is 54.6 Å². The average Bonchev–Trinajstić information content (AvgIpc) is 3.57. The lowest BCUT2D eigenvalue weighted by Crippen LogP contribution is -2.21. The number of rotatable bonds is 3. The second-order valence-electron chi connectivity index (χ2n) is 9.87. The SMILES string of the molecule is Cn1cc(C2C(=O)NC(=O)C2c2cn(-c3c4n(c5ccccc35)CO4)c3ccccc23)c2ccccc21. The fourth-order valence-corrected chi connectivity index (χ4v) is 6.31. The first-order valence-corrected chi connectivity index (χ1v) is 12.3. The van der Waals surface area contributed by atoms with Crippen LogP contribution in [0.2, 0.25) is 0 Å². The number of aromatic nitrogens is 3. The number of para-hydroxylation sites is 3. The van der Waals surface area contributed by atoms with Crippen molar-refractivity contribution in [2.75, 3.05) is 0 Å². The number of ether oxygens (including phenoxy) is 1. The maximum Gasteiger partial charge on any atom is 0.235 e. The number of nitrogens with zero attached hydrogens (tertiary/aromatic N) is 3. The smallest absolute Gasteiger partial charge is 0.235 e. The normalized spacial score (nSPS) is 18.8. The molecule has 2 aliphatic heterocycles. The molecule has 0 spiro atoms. The van der Waals surface area contributed by atoms with E-state index < -0.39 is 11.8 Å². The average molecular weight is 487 g/mol. The van der Waals surface area contributed by atoms with E-state index in [1.165, 1.54) is 0 Å². The number of amides is 2. The Hall–Kier alpha value is -4.78. The molecular formula is C30H22N4O3. The molecule has 2 unspecified atom stereocenters. The van der Waals surface area contributed by atoms with Crippen LogP contribution in [0.4, 0.5) is 0 Å². The minimum Gasteiger partial charge on any atom is -0.455 e. The molecule has 3 aromatic carbocycles. The maximum absolute atomic E-state index is 13.4. The van der Waals surface area contributed by atoms with Gasteiger partial charge in [0.05, 0.1) is 22.9 Å². The van der Waals surface area contributed by atoms with E-state index in [1.807, 2.05) is 78.6 Å². The molecule has 0 aliphatic carbocycles. The second-order valence-corrected chi connectivity index (χ2v) is 9.87. The van der Waals surface area contributed by atoms with Gasteiger partial charge in [0.1, 0.15) is 5.69 Å². The van der Waals surface area contributed by atoms with Crippen molar-refractivity contribution in [2.24, 2.45) is 7.05 Å². The molecule has 37 heavy (non-hydrogen) atoms. The number of imide groups is 1. The highest BCUT2D eigenvalue weighted by Gasteiger charge is 2.46. The molecule has 8 rings (SSSR count). The predicted molar refractivity (Wildman–Crippen MR) is 141 cm³/mol. The van der Waals surface area contributed by atoms with E-state index >= 15 is 0 Å². The second kappa shape index (κ2) is 7.13. The summed E-state index contributed by atoms with van der Waals surface area (Å²) in [4.78, 5) is 26.7. The minimum absolute atomic E-state index is 0.259. The van der Waals surface area contributed by atoms with Crippen LogP contribution in [0.25, 0.3) is 38.4 Å². The van der Waals surface area contributed by atoms with E-state index in [1.54, 1.807) is 0 Å². The van der Waals surface area contributed by atoms with Crippen molar-refractivity contribution < 1.29 is 14.3 Å². The molecule has 7 nitrogen and oxygen atoms in total. The van der Waals surface area contributed by atoms with Gasteiger partial charge in [-0.25, -0.2) is 0 Å². The molecule has 6 aromatic rings. The van der Waals surface area contributed by atoms with Gasteiger partial charge in [0, 0.05) is 41.1 Å². The number of benzene rings is 3. The van der Waals surface area contributed by atoms with Crippen molar-refractivity contribution in [1.29, 1.82) is 0 Å². The van der Waals surface area contributed by atoms with E-state index in [9.17, 15) is 9.59 Å². The lowest BCUT2D eigenvalue weighted by atomic mass is 9.83. The Balaban J connectivity index is 1.38. The summed E-state index contributed by atoms with van der Waals surface area (Å²) in [5, 5.41) is 5.65. The standard InChI is InChI=1S/C30H22N4O3/c1-32-14-20(17-8-2-5-11-22(17)32)25-26(29(36)31-28(25)35)21-15-33(23-12-6-3-9-18(21)23)27-19-10-4-7-13-24(19)34-16-37-30(27)34/h2-15,25-26H,16H2,1H3,(H,31,35,36). The lowest BCUT2D eigenvalue weighted by molar-refractivity contribution is -0.125.